The number of hydrogen-bond donors (Lipinski definition) is 1. The van der Waals surface area contributed by atoms with E-state index in [0.29, 0.717) is 5.75 Å². The summed E-state index contributed by atoms with van der Waals surface area (Å²) >= 11 is 0. The van der Waals surface area contributed by atoms with E-state index in [1.54, 1.807) is 6.07 Å². The first-order valence-electron chi connectivity index (χ1n) is 6.21. The van der Waals surface area contributed by atoms with E-state index in [4.69, 9.17) is 0 Å². The van der Waals surface area contributed by atoms with Crippen LogP contribution in [0, 0.1) is 6.92 Å². The molecule has 0 heterocycles. The first-order valence-corrected chi connectivity index (χ1v) is 6.21. The summed E-state index contributed by atoms with van der Waals surface area (Å²) in [6.45, 7) is 3.04. The molecule has 0 bridgehead atoms. The number of anilines is 1. The fourth-order valence-corrected chi connectivity index (χ4v) is 2.00. The number of phenols is 1. The van der Waals surface area contributed by atoms with Crippen molar-refractivity contribution in [3.8, 4) is 5.75 Å². The van der Waals surface area contributed by atoms with Crippen molar-refractivity contribution in [2.75, 3.05) is 18.5 Å². The van der Waals surface area contributed by atoms with Gasteiger partial charge in [0.25, 0.3) is 0 Å². The summed E-state index contributed by atoms with van der Waals surface area (Å²) < 4.78 is 0. The Morgan fingerprint density at radius 2 is 1.83 bits per heavy atom. The van der Waals surface area contributed by atoms with E-state index in [-0.39, 0.29) is 0 Å². The van der Waals surface area contributed by atoms with Gasteiger partial charge in [-0.05, 0) is 48.7 Å². The van der Waals surface area contributed by atoms with Gasteiger partial charge >= 0.3 is 0 Å². The Kier molecular flexibility index (Phi) is 3.88. The molecule has 2 heteroatoms. The highest BCUT2D eigenvalue weighted by molar-refractivity contribution is 5.47. The molecule has 2 nitrogen and oxygen atoms in total. The molecule has 94 valence electrons. The van der Waals surface area contributed by atoms with E-state index in [2.05, 4.69) is 43.1 Å². The van der Waals surface area contributed by atoms with E-state index < -0.39 is 0 Å². The second-order valence-electron chi connectivity index (χ2n) is 4.68. The summed E-state index contributed by atoms with van der Waals surface area (Å²) in [5.41, 5.74) is 3.67. The molecule has 2 rings (SSSR count). The molecule has 0 saturated heterocycles. The topological polar surface area (TPSA) is 23.5 Å². The van der Waals surface area contributed by atoms with Crippen LogP contribution in [0.2, 0.25) is 0 Å². The maximum Gasteiger partial charge on any atom is 0.115 e. The van der Waals surface area contributed by atoms with Crippen molar-refractivity contribution in [1.29, 1.82) is 0 Å². The van der Waals surface area contributed by atoms with Gasteiger partial charge < -0.3 is 10.0 Å². The number of hydrogen-bond acceptors (Lipinski definition) is 2. The Labute approximate surface area is 109 Å². The summed E-state index contributed by atoms with van der Waals surface area (Å²) in [6.07, 6.45) is 0.929. The van der Waals surface area contributed by atoms with Crippen LogP contribution >= 0.6 is 0 Å². The van der Waals surface area contributed by atoms with Gasteiger partial charge in [-0.25, -0.2) is 0 Å². The molecule has 2 aromatic rings. The van der Waals surface area contributed by atoms with Crippen LogP contribution in [-0.2, 0) is 6.42 Å². The molecule has 0 unspecified atom stereocenters. The third kappa shape index (κ3) is 3.27. The van der Waals surface area contributed by atoms with Crippen LogP contribution in [0.15, 0.2) is 48.5 Å². The first kappa shape index (κ1) is 12.5. The molecule has 0 atom stereocenters. The zero-order valence-corrected chi connectivity index (χ0v) is 10.9. The average molecular weight is 241 g/mol. The Morgan fingerprint density at radius 1 is 1.06 bits per heavy atom. The minimum absolute atomic E-state index is 0.339. The lowest BCUT2D eigenvalue weighted by molar-refractivity contribution is 0.474. The highest BCUT2D eigenvalue weighted by atomic mass is 16.3. The number of nitrogens with zero attached hydrogens (tertiary/aromatic N) is 1. The van der Waals surface area contributed by atoms with Gasteiger partial charge in [0.05, 0.1) is 0 Å². The molecule has 1 N–H and O–H groups in total. The lowest BCUT2D eigenvalue weighted by atomic mass is 10.1. The molecule has 0 spiro atoms. The molecule has 0 aliphatic carbocycles. The fraction of sp³-hybridized carbons (Fsp3) is 0.250. The molecule has 0 radical (unpaired) electrons. The highest BCUT2D eigenvalue weighted by Gasteiger charge is 2.02. The van der Waals surface area contributed by atoms with Gasteiger partial charge in [-0.1, -0.05) is 24.3 Å². The van der Waals surface area contributed by atoms with Crippen LogP contribution in [0.3, 0.4) is 0 Å². The van der Waals surface area contributed by atoms with Crippen molar-refractivity contribution in [1.82, 2.24) is 0 Å². The molecular weight excluding hydrogens is 222 g/mol. The minimum Gasteiger partial charge on any atom is -0.508 e. The number of aromatic hydroxyl groups is 1. The lowest BCUT2D eigenvalue weighted by Gasteiger charge is -2.19. The zero-order valence-electron chi connectivity index (χ0n) is 10.9. The summed E-state index contributed by atoms with van der Waals surface area (Å²) in [6, 6.07) is 15.9. The predicted molar refractivity (Wildman–Crippen MR) is 76.3 cm³/mol. The predicted octanol–water partition coefficient (Wildman–Crippen LogP) is 3.38. The lowest BCUT2D eigenvalue weighted by Crippen LogP contribution is -2.20. The molecule has 0 aliphatic rings. The maximum absolute atomic E-state index is 9.42. The zero-order chi connectivity index (χ0) is 13.0. The van der Waals surface area contributed by atoms with E-state index in [9.17, 15) is 5.11 Å². The van der Waals surface area contributed by atoms with Gasteiger partial charge in [0.2, 0.25) is 0 Å². The van der Waals surface area contributed by atoms with Crippen LogP contribution in [-0.4, -0.2) is 18.7 Å². The molecule has 18 heavy (non-hydrogen) atoms. The fourth-order valence-electron chi connectivity index (χ4n) is 2.00. The van der Waals surface area contributed by atoms with Crippen molar-refractivity contribution in [3.63, 3.8) is 0 Å². The Bertz CT molecular complexity index is 522. The Morgan fingerprint density at radius 3 is 2.56 bits per heavy atom. The van der Waals surface area contributed by atoms with E-state index >= 15 is 0 Å². The van der Waals surface area contributed by atoms with E-state index in [1.165, 1.54) is 11.3 Å². The Hall–Kier alpha value is -1.96. The Balaban J connectivity index is 1.98. The second kappa shape index (κ2) is 5.58. The summed E-state index contributed by atoms with van der Waals surface area (Å²) in [5.74, 6) is 0.339. The van der Waals surface area contributed by atoms with Gasteiger partial charge in [-0.3, -0.25) is 0 Å². The third-order valence-corrected chi connectivity index (χ3v) is 3.09. The third-order valence-electron chi connectivity index (χ3n) is 3.09. The number of aryl methyl sites for hydroxylation is 1. The average Bonchev–Trinajstić information content (AvgIpc) is 2.36. The van der Waals surface area contributed by atoms with Crippen molar-refractivity contribution in [2.45, 2.75) is 13.3 Å². The second-order valence-corrected chi connectivity index (χ2v) is 4.68. The standard InChI is InChI=1S/C16H19NO/c1-13-5-3-7-15(11-13)17(2)10-9-14-6-4-8-16(18)12-14/h3-8,11-12,18H,9-10H2,1-2H3. The minimum atomic E-state index is 0.339. The van der Waals surface area contributed by atoms with Crippen molar-refractivity contribution >= 4 is 5.69 Å². The van der Waals surface area contributed by atoms with Gasteiger partial charge in [-0.15, -0.1) is 0 Å². The van der Waals surface area contributed by atoms with Crippen LogP contribution in [0.25, 0.3) is 0 Å². The molecule has 0 saturated carbocycles. The SMILES string of the molecule is Cc1cccc(N(C)CCc2cccc(O)c2)c1. The van der Waals surface area contributed by atoms with Crippen molar-refractivity contribution in [2.24, 2.45) is 0 Å². The van der Waals surface area contributed by atoms with Gasteiger partial charge in [-0.2, -0.15) is 0 Å². The highest BCUT2D eigenvalue weighted by Crippen LogP contribution is 2.16. The molecule has 0 aromatic heterocycles. The van der Waals surface area contributed by atoms with Crippen LogP contribution in [0.4, 0.5) is 5.69 Å². The van der Waals surface area contributed by atoms with Crippen molar-refractivity contribution in [3.05, 3.63) is 59.7 Å². The molecule has 0 aliphatic heterocycles. The van der Waals surface area contributed by atoms with Crippen LogP contribution in [0.1, 0.15) is 11.1 Å². The summed E-state index contributed by atoms with van der Waals surface area (Å²) in [5, 5.41) is 9.42. The largest absolute Gasteiger partial charge is 0.508 e. The maximum atomic E-state index is 9.42. The van der Waals surface area contributed by atoms with Crippen molar-refractivity contribution < 1.29 is 5.11 Å². The van der Waals surface area contributed by atoms with Crippen LogP contribution in [0.5, 0.6) is 5.75 Å². The van der Waals surface area contributed by atoms with Gasteiger partial charge in [0, 0.05) is 19.3 Å². The van der Waals surface area contributed by atoms with E-state index in [1.807, 2.05) is 18.2 Å². The first-order chi connectivity index (χ1) is 8.65. The quantitative estimate of drug-likeness (QED) is 0.887. The number of likely N-dealkylation sites (N-methyl/N-ethyl adjacent to an activating group) is 1. The van der Waals surface area contributed by atoms with E-state index in [0.717, 1.165) is 18.5 Å². The molecule has 2 aromatic carbocycles. The summed E-state index contributed by atoms with van der Waals surface area (Å²) in [4.78, 5) is 2.23. The van der Waals surface area contributed by atoms with Gasteiger partial charge in [0.1, 0.15) is 5.75 Å². The molecular formula is C16H19NO. The van der Waals surface area contributed by atoms with Crippen LogP contribution < -0.4 is 4.90 Å². The smallest absolute Gasteiger partial charge is 0.115 e. The summed E-state index contributed by atoms with van der Waals surface area (Å²) in [7, 11) is 2.09. The number of benzene rings is 2. The molecule has 0 amide bonds. The normalized spacial score (nSPS) is 10.3. The van der Waals surface area contributed by atoms with Gasteiger partial charge in [0.15, 0.2) is 0 Å². The molecule has 0 fully saturated rings. The number of rotatable bonds is 4. The number of phenolic OH excluding ortho intramolecular Hbond substituents is 1. The monoisotopic (exact) mass is 241 g/mol.